The van der Waals surface area contributed by atoms with Gasteiger partial charge in [-0.2, -0.15) is 0 Å². The Morgan fingerprint density at radius 1 is 1.07 bits per heavy atom. The molecule has 134 valence electrons. The predicted molar refractivity (Wildman–Crippen MR) is 107 cm³/mol. The molecular weight excluding hydrogens is 360 g/mol. The molecule has 0 saturated carbocycles. The highest BCUT2D eigenvalue weighted by atomic mass is 32.1. The highest BCUT2D eigenvalue weighted by Crippen LogP contribution is 2.19. The molecule has 0 aliphatic carbocycles. The van der Waals surface area contributed by atoms with Gasteiger partial charge in [0.2, 0.25) is 10.6 Å². The quantitative estimate of drug-likeness (QED) is 0.590. The Morgan fingerprint density at radius 2 is 1.81 bits per heavy atom. The normalized spacial score (nSPS) is 10.9. The number of carbonyl (C=O) groups is 1. The molecule has 1 amide bonds. The highest BCUT2D eigenvalue weighted by Gasteiger charge is 2.17. The summed E-state index contributed by atoms with van der Waals surface area (Å²) in [5.41, 5.74) is 1.36. The summed E-state index contributed by atoms with van der Waals surface area (Å²) >= 11 is 1.30. The minimum absolute atomic E-state index is 0.0609. The Labute approximate surface area is 159 Å². The van der Waals surface area contributed by atoms with Crippen LogP contribution < -0.4 is 10.7 Å². The first-order valence-electron chi connectivity index (χ1n) is 8.51. The second kappa shape index (κ2) is 7.13. The summed E-state index contributed by atoms with van der Waals surface area (Å²) in [6.45, 7) is 1.97. The summed E-state index contributed by atoms with van der Waals surface area (Å²) < 4.78 is 1.85. The Kier molecular flexibility index (Phi) is 4.52. The fourth-order valence-corrected chi connectivity index (χ4v) is 3.53. The Hall–Kier alpha value is -3.32. The topological polar surface area (TPSA) is 76.9 Å². The van der Waals surface area contributed by atoms with Crippen molar-refractivity contribution in [2.24, 2.45) is 0 Å². The molecule has 0 fully saturated rings. The molecule has 1 N–H and O–H groups in total. The van der Waals surface area contributed by atoms with Crippen molar-refractivity contribution in [1.29, 1.82) is 0 Å². The van der Waals surface area contributed by atoms with E-state index in [0.717, 1.165) is 22.6 Å². The number of nitrogens with one attached hydrogen (secondary N) is 1. The first kappa shape index (κ1) is 17.1. The van der Waals surface area contributed by atoms with Crippen LogP contribution in [0.4, 0.5) is 5.13 Å². The van der Waals surface area contributed by atoms with Gasteiger partial charge in [0.05, 0.1) is 5.52 Å². The van der Waals surface area contributed by atoms with Gasteiger partial charge in [-0.15, -0.1) is 10.2 Å². The van der Waals surface area contributed by atoms with Crippen molar-refractivity contribution >= 4 is 33.3 Å². The van der Waals surface area contributed by atoms with Gasteiger partial charge < -0.3 is 4.57 Å². The smallest absolute Gasteiger partial charge is 0.262 e. The third-order valence-corrected chi connectivity index (χ3v) is 5.16. The molecule has 7 heteroatoms. The van der Waals surface area contributed by atoms with Gasteiger partial charge in [-0.1, -0.05) is 48.6 Å². The molecule has 0 radical (unpaired) electrons. The van der Waals surface area contributed by atoms with Gasteiger partial charge in [0, 0.05) is 17.3 Å². The zero-order valence-electron chi connectivity index (χ0n) is 14.5. The zero-order chi connectivity index (χ0) is 18.8. The van der Waals surface area contributed by atoms with E-state index in [-0.39, 0.29) is 11.0 Å². The predicted octanol–water partition coefficient (Wildman–Crippen LogP) is 3.66. The second-order valence-corrected chi connectivity index (χ2v) is 6.97. The molecule has 6 nitrogen and oxygen atoms in total. The Bertz CT molecular complexity index is 1180. The van der Waals surface area contributed by atoms with Crippen molar-refractivity contribution < 1.29 is 4.79 Å². The molecule has 4 aromatic rings. The Morgan fingerprint density at radius 3 is 2.56 bits per heavy atom. The van der Waals surface area contributed by atoms with E-state index >= 15 is 0 Å². The van der Waals surface area contributed by atoms with Gasteiger partial charge >= 0.3 is 0 Å². The maximum atomic E-state index is 12.9. The molecule has 0 saturated heterocycles. The summed E-state index contributed by atoms with van der Waals surface area (Å²) in [5, 5.41) is 12.3. The van der Waals surface area contributed by atoms with E-state index in [0.29, 0.717) is 10.5 Å². The van der Waals surface area contributed by atoms with E-state index in [1.165, 1.54) is 11.3 Å². The molecule has 0 unspecified atom stereocenters. The second-order valence-electron chi connectivity index (χ2n) is 5.90. The molecule has 2 aromatic carbocycles. The van der Waals surface area contributed by atoms with Crippen LogP contribution in [0, 0.1) is 0 Å². The Balaban J connectivity index is 1.84. The summed E-state index contributed by atoms with van der Waals surface area (Å²) in [4.78, 5) is 25.7. The summed E-state index contributed by atoms with van der Waals surface area (Å²) in [6, 6.07) is 16.9. The van der Waals surface area contributed by atoms with Gasteiger partial charge in [-0.25, -0.2) is 0 Å². The number of rotatable bonds is 4. The number of aryl methyl sites for hydroxylation is 1. The number of nitrogens with zero attached hydrogens (tertiary/aromatic N) is 3. The highest BCUT2D eigenvalue weighted by molar-refractivity contribution is 7.15. The van der Waals surface area contributed by atoms with Gasteiger partial charge in [-0.05, 0) is 30.7 Å². The lowest BCUT2D eigenvalue weighted by Crippen LogP contribution is -2.23. The van der Waals surface area contributed by atoms with E-state index in [9.17, 15) is 9.59 Å². The van der Waals surface area contributed by atoms with Crippen molar-refractivity contribution in [2.75, 3.05) is 5.32 Å². The number of anilines is 1. The average Bonchev–Trinajstić information content (AvgIpc) is 3.16. The van der Waals surface area contributed by atoms with Crippen LogP contribution in [0.15, 0.2) is 65.6 Å². The van der Waals surface area contributed by atoms with Crippen molar-refractivity contribution in [2.45, 2.75) is 13.3 Å². The van der Waals surface area contributed by atoms with Crippen molar-refractivity contribution in [3.63, 3.8) is 0 Å². The number of amides is 1. The average molecular weight is 376 g/mol. The summed E-state index contributed by atoms with van der Waals surface area (Å²) in [6.07, 6.45) is 2.32. The van der Waals surface area contributed by atoms with E-state index < -0.39 is 5.91 Å². The van der Waals surface area contributed by atoms with E-state index in [1.807, 2.05) is 54.0 Å². The van der Waals surface area contributed by atoms with Crippen LogP contribution in [0.1, 0.15) is 22.3 Å². The van der Waals surface area contributed by atoms with Gasteiger partial charge in [0.1, 0.15) is 10.6 Å². The van der Waals surface area contributed by atoms with Crippen molar-refractivity contribution in [3.05, 3.63) is 81.6 Å². The molecule has 27 heavy (non-hydrogen) atoms. The molecule has 0 spiro atoms. The minimum Gasteiger partial charge on any atom is -0.315 e. The van der Waals surface area contributed by atoms with Crippen LogP contribution in [-0.2, 0) is 6.42 Å². The molecule has 0 aliphatic rings. The van der Waals surface area contributed by atoms with Crippen LogP contribution in [0.3, 0.4) is 0 Å². The van der Waals surface area contributed by atoms with E-state index in [1.54, 1.807) is 18.3 Å². The lowest BCUT2D eigenvalue weighted by atomic mass is 10.1. The first-order chi connectivity index (χ1) is 13.2. The monoisotopic (exact) mass is 376 g/mol. The van der Waals surface area contributed by atoms with Crippen LogP contribution >= 0.6 is 11.3 Å². The van der Waals surface area contributed by atoms with E-state index in [2.05, 4.69) is 15.5 Å². The van der Waals surface area contributed by atoms with Crippen molar-refractivity contribution in [1.82, 2.24) is 14.8 Å². The number of hydrogen-bond donors (Lipinski definition) is 1. The maximum absolute atomic E-state index is 12.9. The van der Waals surface area contributed by atoms with Gasteiger partial charge in [0.15, 0.2) is 0 Å². The number of aromatic nitrogens is 3. The van der Waals surface area contributed by atoms with Crippen molar-refractivity contribution in [3.8, 4) is 5.69 Å². The largest absolute Gasteiger partial charge is 0.315 e. The van der Waals surface area contributed by atoms with Gasteiger partial charge in [0.25, 0.3) is 5.91 Å². The maximum Gasteiger partial charge on any atom is 0.262 e. The van der Waals surface area contributed by atoms with Crippen LogP contribution in [-0.4, -0.2) is 20.7 Å². The molecule has 4 rings (SSSR count). The summed E-state index contributed by atoms with van der Waals surface area (Å²) in [5.74, 6) is -0.491. The van der Waals surface area contributed by atoms with Gasteiger partial charge in [-0.3, -0.25) is 14.9 Å². The lowest BCUT2D eigenvalue weighted by Gasteiger charge is -2.13. The number of pyridine rings is 1. The third-order valence-electron chi connectivity index (χ3n) is 4.18. The summed E-state index contributed by atoms with van der Waals surface area (Å²) in [7, 11) is 0. The fraction of sp³-hybridized carbons (Fsp3) is 0.100. The molecule has 2 aromatic heterocycles. The molecule has 0 aliphatic heterocycles. The lowest BCUT2D eigenvalue weighted by molar-refractivity contribution is 0.102. The molecule has 2 heterocycles. The number of fused-ring (bicyclic) bond motifs is 1. The number of benzene rings is 2. The van der Waals surface area contributed by atoms with E-state index in [4.69, 9.17) is 0 Å². The number of hydrogen-bond acceptors (Lipinski definition) is 5. The SMILES string of the molecule is CCc1nnc(NC(=O)c2cn(-c3ccccc3)c3ccccc3c2=O)s1. The number of carbonyl (C=O) groups excluding carboxylic acids is 1. The van der Waals surface area contributed by atoms with Crippen LogP contribution in [0.25, 0.3) is 16.6 Å². The zero-order valence-corrected chi connectivity index (χ0v) is 15.4. The molecule has 0 bridgehead atoms. The molecule has 0 atom stereocenters. The first-order valence-corrected chi connectivity index (χ1v) is 9.32. The van der Waals surface area contributed by atoms with Crippen LogP contribution in [0.5, 0.6) is 0 Å². The fourth-order valence-electron chi connectivity index (χ4n) is 2.85. The molecular formula is C20H16N4O2S. The number of para-hydroxylation sites is 2. The standard InChI is InChI=1S/C20H16N4O2S/c1-2-17-22-23-20(27-17)21-19(26)15-12-24(13-8-4-3-5-9-13)16-11-7-6-10-14(16)18(15)25/h3-12H,2H2,1H3,(H,21,23,26). The minimum atomic E-state index is -0.491. The van der Waals surface area contributed by atoms with Crippen LogP contribution in [0.2, 0.25) is 0 Å². The third kappa shape index (κ3) is 3.24.